The Labute approximate surface area is 122 Å². The molecule has 0 heterocycles. The first kappa shape index (κ1) is 15.8. The Morgan fingerprint density at radius 2 is 2.05 bits per heavy atom. The Balaban J connectivity index is 2.43. The number of hydrogen-bond donors (Lipinski definition) is 1. The molecule has 6 nitrogen and oxygen atoms in total. The van der Waals surface area contributed by atoms with E-state index in [9.17, 15) is 22.9 Å². The van der Waals surface area contributed by atoms with Crippen molar-refractivity contribution in [3.8, 4) is 0 Å². The van der Waals surface area contributed by atoms with Gasteiger partial charge in [0, 0.05) is 11.6 Å². The summed E-state index contributed by atoms with van der Waals surface area (Å²) in [5.74, 6) is -1.01. The average Bonchev–Trinajstić information content (AvgIpc) is 2.36. The predicted molar refractivity (Wildman–Crippen MR) is 75.0 cm³/mol. The smallest absolute Gasteiger partial charge is 0.258 e. The van der Waals surface area contributed by atoms with E-state index in [1.54, 1.807) is 0 Å². The minimum atomic E-state index is -3.91. The Hall–Kier alpha value is -1.54. The zero-order valence-electron chi connectivity index (χ0n) is 11.8. The van der Waals surface area contributed by atoms with Gasteiger partial charge in [0.05, 0.1) is 9.82 Å². The van der Waals surface area contributed by atoms with Crippen LogP contribution in [-0.2, 0) is 10.0 Å². The predicted octanol–water partition coefficient (Wildman–Crippen LogP) is 2.65. The Morgan fingerprint density at radius 3 is 2.48 bits per heavy atom. The quantitative estimate of drug-likeness (QED) is 0.668. The fourth-order valence-electron chi connectivity index (χ4n) is 2.48. The van der Waals surface area contributed by atoms with E-state index in [2.05, 4.69) is 4.72 Å². The normalized spacial score (nSPS) is 17.3. The maximum absolute atomic E-state index is 13.6. The van der Waals surface area contributed by atoms with Crippen LogP contribution in [0.4, 0.5) is 10.1 Å². The second-order valence-corrected chi connectivity index (χ2v) is 7.11. The van der Waals surface area contributed by atoms with E-state index >= 15 is 0 Å². The zero-order chi connectivity index (χ0) is 15.8. The molecule has 0 aromatic heterocycles. The summed E-state index contributed by atoms with van der Waals surface area (Å²) in [6.45, 7) is 3.19. The molecule has 0 radical (unpaired) electrons. The summed E-state index contributed by atoms with van der Waals surface area (Å²) < 4.78 is 41.0. The number of nitro benzene ring substituents is 1. The van der Waals surface area contributed by atoms with Crippen LogP contribution in [0.3, 0.4) is 0 Å². The number of benzene rings is 1. The first-order chi connectivity index (χ1) is 9.71. The molecule has 1 aliphatic rings. The van der Waals surface area contributed by atoms with Crippen molar-refractivity contribution in [2.24, 2.45) is 0 Å². The van der Waals surface area contributed by atoms with Gasteiger partial charge in [0.2, 0.25) is 15.8 Å². The summed E-state index contributed by atoms with van der Waals surface area (Å²) in [5, 5.41) is 10.8. The fourth-order valence-corrected chi connectivity index (χ4v) is 4.12. The van der Waals surface area contributed by atoms with Gasteiger partial charge in [-0.05, 0) is 44.2 Å². The Bertz CT molecular complexity index is 678. The SMILES string of the molecule is CCC1(NS(=O)(=O)c2cc(C)c(F)c([N+](=O)[O-])c2)CCC1. The maximum Gasteiger partial charge on any atom is 0.306 e. The third kappa shape index (κ3) is 2.91. The lowest BCUT2D eigenvalue weighted by atomic mass is 9.76. The lowest BCUT2D eigenvalue weighted by Gasteiger charge is -2.41. The number of hydrogen-bond acceptors (Lipinski definition) is 4. The van der Waals surface area contributed by atoms with Crippen LogP contribution in [-0.4, -0.2) is 18.9 Å². The van der Waals surface area contributed by atoms with Crippen LogP contribution in [0.5, 0.6) is 0 Å². The molecule has 0 aliphatic heterocycles. The molecule has 116 valence electrons. The number of sulfonamides is 1. The van der Waals surface area contributed by atoms with Gasteiger partial charge in [0.15, 0.2) is 0 Å². The highest BCUT2D eigenvalue weighted by Crippen LogP contribution is 2.36. The summed E-state index contributed by atoms with van der Waals surface area (Å²) >= 11 is 0. The molecule has 1 aromatic carbocycles. The van der Waals surface area contributed by atoms with Crippen molar-refractivity contribution in [1.82, 2.24) is 4.72 Å². The zero-order valence-corrected chi connectivity index (χ0v) is 12.7. The van der Waals surface area contributed by atoms with Gasteiger partial charge in [-0.15, -0.1) is 0 Å². The molecule has 0 spiro atoms. The molecule has 2 rings (SSSR count). The largest absolute Gasteiger partial charge is 0.306 e. The molecule has 1 aromatic rings. The number of rotatable bonds is 5. The summed E-state index contributed by atoms with van der Waals surface area (Å²) in [4.78, 5) is 9.63. The Kier molecular flexibility index (Phi) is 4.03. The van der Waals surface area contributed by atoms with E-state index in [0.29, 0.717) is 6.42 Å². The summed E-state index contributed by atoms with van der Waals surface area (Å²) in [7, 11) is -3.91. The molecule has 0 saturated heterocycles. The molecule has 1 N–H and O–H groups in total. The fraction of sp³-hybridized carbons (Fsp3) is 0.538. The highest BCUT2D eigenvalue weighted by Gasteiger charge is 2.39. The third-order valence-corrected chi connectivity index (χ3v) is 5.61. The van der Waals surface area contributed by atoms with E-state index in [4.69, 9.17) is 0 Å². The molecular formula is C13H17FN2O4S. The van der Waals surface area contributed by atoms with Crippen LogP contribution in [0.15, 0.2) is 17.0 Å². The summed E-state index contributed by atoms with van der Waals surface area (Å²) in [6.07, 6.45) is 3.07. The second kappa shape index (κ2) is 5.34. The van der Waals surface area contributed by atoms with Crippen molar-refractivity contribution in [1.29, 1.82) is 0 Å². The Morgan fingerprint density at radius 1 is 1.43 bits per heavy atom. The first-order valence-electron chi connectivity index (χ1n) is 6.69. The number of aryl methyl sites for hydroxylation is 1. The van der Waals surface area contributed by atoms with Gasteiger partial charge in [-0.2, -0.15) is 4.39 Å². The van der Waals surface area contributed by atoms with Crippen LogP contribution in [0.2, 0.25) is 0 Å². The van der Waals surface area contributed by atoms with E-state index in [0.717, 1.165) is 31.4 Å². The first-order valence-corrected chi connectivity index (χ1v) is 8.17. The van der Waals surface area contributed by atoms with E-state index in [1.807, 2.05) is 6.92 Å². The van der Waals surface area contributed by atoms with Crippen molar-refractivity contribution in [2.75, 3.05) is 0 Å². The number of nitro groups is 1. The van der Waals surface area contributed by atoms with Gasteiger partial charge in [0.1, 0.15) is 0 Å². The van der Waals surface area contributed by atoms with Gasteiger partial charge in [-0.3, -0.25) is 10.1 Å². The standard InChI is InChI=1S/C13H17FN2O4S/c1-3-13(5-4-6-13)15-21(19,20)10-7-9(2)12(14)11(8-10)16(17)18/h7-8,15H,3-6H2,1-2H3. The molecule has 0 amide bonds. The third-order valence-electron chi connectivity index (χ3n) is 4.05. The second-order valence-electron chi connectivity index (χ2n) is 5.42. The molecule has 21 heavy (non-hydrogen) atoms. The number of nitrogens with one attached hydrogen (secondary N) is 1. The monoisotopic (exact) mass is 316 g/mol. The highest BCUT2D eigenvalue weighted by atomic mass is 32.2. The molecule has 1 fully saturated rings. The van der Waals surface area contributed by atoms with Crippen molar-refractivity contribution in [3.05, 3.63) is 33.6 Å². The van der Waals surface area contributed by atoms with Gasteiger partial charge >= 0.3 is 5.69 Å². The van der Waals surface area contributed by atoms with E-state index < -0.39 is 32.0 Å². The van der Waals surface area contributed by atoms with Crippen molar-refractivity contribution >= 4 is 15.7 Å². The van der Waals surface area contributed by atoms with Gasteiger partial charge in [-0.25, -0.2) is 13.1 Å². The minimum Gasteiger partial charge on any atom is -0.258 e. The topological polar surface area (TPSA) is 89.3 Å². The van der Waals surface area contributed by atoms with Crippen molar-refractivity contribution in [2.45, 2.75) is 50.0 Å². The van der Waals surface area contributed by atoms with Crippen LogP contribution in [0, 0.1) is 22.9 Å². The lowest BCUT2D eigenvalue weighted by molar-refractivity contribution is -0.387. The van der Waals surface area contributed by atoms with E-state index in [-0.39, 0.29) is 10.5 Å². The number of halogens is 1. The molecular weight excluding hydrogens is 299 g/mol. The van der Waals surface area contributed by atoms with Crippen molar-refractivity contribution < 1.29 is 17.7 Å². The van der Waals surface area contributed by atoms with Crippen LogP contribution in [0.1, 0.15) is 38.2 Å². The average molecular weight is 316 g/mol. The molecule has 0 unspecified atom stereocenters. The van der Waals surface area contributed by atoms with E-state index in [1.165, 1.54) is 6.92 Å². The molecule has 1 aliphatic carbocycles. The number of nitrogens with zero attached hydrogens (tertiary/aromatic N) is 1. The van der Waals surface area contributed by atoms with Gasteiger partial charge in [0.25, 0.3) is 0 Å². The molecule has 0 atom stereocenters. The van der Waals surface area contributed by atoms with Crippen LogP contribution in [0.25, 0.3) is 0 Å². The van der Waals surface area contributed by atoms with Gasteiger partial charge < -0.3 is 0 Å². The van der Waals surface area contributed by atoms with Crippen LogP contribution >= 0.6 is 0 Å². The minimum absolute atomic E-state index is 0.0660. The highest BCUT2D eigenvalue weighted by molar-refractivity contribution is 7.89. The van der Waals surface area contributed by atoms with Crippen LogP contribution < -0.4 is 4.72 Å². The lowest BCUT2D eigenvalue weighted by Crippen LogP contribution is -2.52. The van der Waals surface area contributed by atoms with Crippen molar-refractivity contribution in [3.63, 3.8) is 0 Å². The summed E-state index contributed by atoms with van der Waals surface area (Å²) in [5.41, 5.74) is -1.37. The molecule has 8 heteroatoms. The molecule has 1 saturated carbocycles. The molecule has 0 bridgehead atoms. The summed E-state index contributed by atoms with van der Waals surface area (Å²) in [6, 6.07) is 1.89. The maximum atomic E-state index is 13.6. The van der Waals surface area contributed by atoms with Gasteiger partial charge in [-0.1, -0.05) is 6.92 Å².